The Morgan fingerprint density at radius 1 is 1.40 bits per heavy atom. The van der Waals surface area contributed by atoms with E-state index in [1.807, 2.05) is 0 Å². The number of hydrogen-bond donors (Lipinski definition) is 2. The third kappa shape index (κ3) is 3.55. The number of aliphatic hydroxyl groups excluding tert-OH is 1. The molecule has 0 spiro atoms. The lowest BCUT2D eigenvalue weighted by Gasteiger charge is -2.36. The van der Waals surface area contributed by atoms with Crippen molar-refractivity contribution in [2.24, 2.45) is 0 Å². The first kappa shape index (κ1) is 13.2. The van der Waals surface area contributed by atoms with Gasteiger partial charge in [-0.25, -0.2) is 0 Å². The molecule has 1 rings (SSSR count). The van der Waals surface area contributed by atoms with E-state index < -0.39 is 8.32 Å². The van der Waals surface area contributed by atoms with Gasteiger partial charge in [0.1, 0.15) is 0 Å². The first-order valence-electron chi connectivity index (χ1n) is 5.78. The maximum Gasteiger partial charge on any atom is 0.192 e. The van der Waals surface area contributed by atoms with Crippen molar-refractivity contribution in [2.45, 2.75) is 57.5 Å². The van der Waals surface area contributed by atoms with E-state index in [0.29, 0.717) is 12.6 Å². The second-order valence-corrected chi connectivity index (χ2v) is 10.9. The summed E-state index contributed by atoms with van der Waals surface area (Å²) in [6, 6.07) is 0.342. The van der Waals surface area contributed by atoms with Crippen LogP contribution in [-0.2, 0) is 4.43 Å². The fourth-order valence-corrected chi connectivity index (χ4v) is 2.50. The lowest BCUT2D eigenvalue weighted by molar-refractivity contribution is 0.185. The highest BCUT2D eigenvalue weighted by Gasteiger charge is 2.38. The van der Waals surface area contributed by atoms with Crippen LogP contribution >= 0.6 is 0 Å². The molecule has 1 saturated heterocycles. The van der Waals surface area contributed by atoms with Crippen LogP contribution in [0.5, 0.6) is 0 Å². The van der Waals surface area contributed by atoms with E-state index in [4.69, 9.17) is 4.43 Å². The molecular weight excluding hydrogens is 206 g/mol. The van der Waals surface area contributed by atoms with Gasteiger partial charge in [0.15, 0.2) is 8.32 Å². The first-order chi connectivity index (χ1) is 6.72. The van der Waals surface area contributed by atoms with Crippen molar-refractivity contribution in [3.8, 4) is 0 Å². The fraction of sp³-hybridized carbons (Fsp3) is 1.00. The van der Waals surface area contributed by atoms with Crippen LogP contribution < -0.4 is 5.32 Å². The lowest BCUT2D eigenvalue weighted by atomic mass is 10.2. The van der Waals surface area contributed by atoms with Crippen molar-refractivity contribution in [3.05, 3.63) is 0 Å². The minimum Gasteiger partial charge on any atom is -0.415 e. The largest absolute Gasteiger partial charge is 0.415 e. The number of β-amino-alcohol motifs (C(OH)–C–C–N with tert-alkyl or cyclic N) is 1. The summed E-state index contributed by atoms with van der Waals surface area (Å²) in [5, 5.41) is 12.9. The van der Waals surface area contributed by atoms with Crippen LogP contribution in [0.2, 0.25) is 18.1 Å². The van der Waals surface area contributed by atoms with Crippen LogP contribution in [0.15, 0.2) is 0 Å². The van der Waals surface area contributed by atoms with E-state index in [0.717, 1.165) is 13.0 Å². The van der Waals surface area contributed by atoms with Gasteiger partial charge in [-0.15, -0.1) is 0 Å². The number of hydrogen-bond acceptors (Lipinski definition) is 3. The van der Waals surface area contributed by atoms with E-state index in [1.165, 1.54) is 0 Å². The zero-order valence-electron chi connectivity index (χ0n) is 10.6. The monoisotopic (exact) mass is 231 g/mol. The second-order valence-electron chi connectivity index (χ2n) is 6.07. The van der Waals surface area contributed by atoms with Gasteiger partial charge in [-0.2, -0.15) is 0 Å². The molecule has 4 heteroatoms. The maximum atomic E-state index is 9.38. The average molecular weight is 231 g/mol. The molecule has 1 aliphatic rings. The molecule has 0 aromatic rings. The molecule has 0 aliphatic carbocycles. The van der Waals surface area contributed by atoms with Crippen molar-refractivity contribution in [1.29, 1.82) is 0 Å². The van der Waals surface area contributed by atoms with Gasteiger partial charge >= 0.3 is 0 Å². The predicted octanol–water partition coefficient (Wildman–Crippen LogP) is 1.73. The molecule has 15 heavy (non-hydrogen) atoms. The molecule has 0 amide bonds. The van der Waals surface area contributed by atoms with Crippen LogP contribution in [0.4, 0.5) is 0 Å². The van der Waals surface area contributed by atoms with Crippen molar-refractivity contribution >= 4 is 8.32 Å². The Bertz CT molecular complexity index is 213. The zero-order valence-corrected chi connectivity index (χ0v) is 11.6. The molecule has 0 saturated carbocycles. The van der Waals surface area contributed by atoms with Gasteiger partial charge in [-0.3, -0.25) is 0 Å². The quantitative estimate of drug-likeness (QED) is 0.727. The highest BCUT2D eigenvalue weighted by atomic mass is 28.4. The van der Waals surface area contributed by atoms with Crippen molar-refractivity contribution < 1.29 is 9.53 Å². The minimum absolute atomic E-state index is 0.182. The molecule has 1 fully saturated rings. The normalized spacial score (nSPS) is 28.4. The van der Waals surface area contributed by atoms with Gasteiger partial charge in [-0.05, 0) is 24.6 Å². The molecule has 3 nitrogen and oxygen atoms in total. The van der Waals surface area contributed by atoms with Crippen LogP contribution in [0, 0.1) is 0 Å². The van der Waals surface area contributed by atoms with Gasteiger partial charge in [0.05, 0.1) is 6.10 Å². The summed E-state index contributed by atoms with van der Waals surface area (Å²) in [6.45, 7) is 12.7. The Morgan fingerprint density at radius 3 is 2.40 bits per heavy atom. The molecule has 0 radical (unpaired) electrons. The first-order valence-corrected chi connectivity index (χ1v) is 8.68. The molecule has 2 N–H and O–H groups in total. The molecule has 90 valence electrons. The summed E-state index contributed by atoms with van der Waals surface area (Å²) < 4.78 is 6.09. The summed E-state index contributed by atoms with van der Waals surface area (Å²) in [5.74, 6) is 0. The Kier molecular flexibility index (Phi) is 3.98. The Morgan fingerprint density at radius 2 is 2.00 bits per heavy atom. The molecule has 0 bridgehead atoms. The highest BCUT2D eigenvalue weighted by molar-refractivity contribution is 6.74. The van der Waals surface area contributed by atoms with E-state index >= 15 is 0 Å². The highest BCUT2D eigenvalue weighted by Crippen LogP contribution is 2.36. The Balaban J connectivity index is 2.36. The summed E-state index contributed by atoms with van der Waals surface area (Å²) in [7, 11) is -1.62. The van der Waals surface area contributed by atoms with E-state index in [2.05, 4.69) is 39.2 Å². The number of rotatable bonds is 3. The second kappa shape index (κ2) is 4.53. The third-order valence-electron chi connectivity index (χ3n) is 3.65. The smallest absolute Gasteiger partial charge is 0.192 e. The summed E-state index contributed by atoms with van der Waals surface area (Å²) >= 11 is 0. The summed E-state index contributed by atoms with van der Waals surface area (Å²) in [6.07, 6.45) is 0.646. The van der Waals surface area contributed by atoms with Crippen LogP contribution in [0.1, 0.15) is 27.2 Å². The third-order valence-corrected chi connectivity index (χ3v) is 8.15. The SMILES string of the molecule is CC(C)(C)[Si](C)(C)OCC1CC(O)CN1. The summed E-state index contributed by atoms with van der Waals surface area (Å²) in [5.41, 5.74) is 0. The van der Waals surface area contributed by atoms with Gasteiger partial charge in [0, 0.05) is 19.2 Å². The average Bonchev–Trinajstić information content (AvgIpc) is 2.46. The van der Waals surface area contributed by atoms with Gasteiger partial charge in [-0.1, -0.05) is 20.8 Å². The molecule has 2 unspecified atom stereocenters. The standard InChI is InChI=1S/C11H25NO2Si/c1-11(2,3)15(4,5)14-8-9-6-10(13)7-12-9/h9-10,12-13H,6-8H2,1-5H3. The van der Waals surface area contributed by atoms with Crippen molar-refractivity contribution in [3.63, 3.8) is 0 Å². The minimum atomic E-state index is -1.62. The number of aliphatic hydroxyl groups is 1. The van der Waals surface area contributed by atoms with Gasteiger partial charge in [0.25, 0.3) is 0 Å². The Hall–Kier alpha value is 0.0969. The van der Waals surface area contributed by atoms with Gasteiger partial charge < -0.3 is 14.8 Å². The van der Waals surface area contributed by atoms with E-state index in [-0.39, 0.29) is 11.1 Å². The molecule has 2 atom stereocenters. The predicted molar refractivity (Wildman–Crippen MR) is 65.6 cm³/mol. The van der Waals surface area contributed by atoms with Crippen molar-refractivity contribution in [1.82, 2.24) is 5.32 Å². The number of nitrogens with one attached hydrogen (secondary N) is 1. The van der Waals surface area contributed by atoms with Crippen LogP contribution in [-0.4, -0.2) is 38.7 Å². The fourth-order valence-electron chi connectivity index (χ4n) is 1.45. The zero-order chi connectivity index (χ0) is 11.7. The van der Waals surface area contributed by atoms with Crippen LogP contribution in [0.25, 0.3) is 0 Å². The van der Waals surface area contributed by atoms with Crippen LogP contribution in [0.3, 0.4) is 0 Å². The molecule has 1 heterocycles. The molecular formula is C11H25NO2Si. The molecule has 1 aliphatic heterocycles. The lowest BCUT2D eigenvalue weighted by Crippen LogP contribution is -2.43. The maximum absolute atomic E-state index is 9.38. The molecule has 0 aromatic carbocycles. The van der Waals surface area contributed by atoms with Crippen molar-refractivity contribution in [2.75, 3.05) is 13.2 Å². The summed E-state index contributed by atoms with van der Waals surface area (Å²) in [4.78, 5) is 0. The Labute approximate surface area is 94.3 Å². The topological polar surface area (TPSA) is 41.5 Å². The van der Waals surface area contributed by atoms with E-state index in [1.54, 1.807) is 0 Å². The molecule has 0 aromatic heterocycles. The van der Waals surface area contributed by atoms with Gasteiger partial charge in [0.2, 0.25) is 0 Å². The van der Waals surface area contributed by atoms with E-state index in [9.17, 15) is 5.11 Å².